The van der Waals surface area contributed by atoms with Crippen molar-refractivity contribution in [3.63, 3.8) is 0 Å². The minimum absolute atomic E-state index is 0.0241. The molecule has 0 unspecified atom stereocenters. The van der Waals surface area contributed by atoms with Gasteiger partial charge in [0, 0.05) is 48.4 Å². The van der Waals surface area contributed by atoms with Gasteiger partial charge in [-0.2, -0.15) is 28.1 Å². The molecule has 0 aliphatic carbocycles. The molecule has 0 bridgehead atoms. The molecule has 33 heavy (non-hydrogen) atoms. The van der Waals surface area contributed by atoms with Gasteiger partial charge in [-0.3, -0.25) is 5.01 Å². The van der Waals surface area contributed by atoms with Crippen molar-refractivity contribution >= 4 is 40.6 Å². The normalized spacial score (nSPS) is 11.8. The summed E-state index contributed by atoms with van der Waals surface area (Å²) in [4.78, 5) is 16.3. The van der Waals surface area contributed by atoms with Crippen molar-refractivity contribution in [2.24, 2.45) is 11.6 Å². The van der Waals surface area contributed by atoms with Crippen LogP contribution in [0.4, 0.5) is 48.1 Å². The molecular formula is C19H18F3N11. The molecule has 0 spiro atoms. The van der Waals surface area contributed by atoms with E-state index in [-0.39, 0.29) is 29.2 Å². The van der Waals surface area contributed by atoms with Gasteiger partial charge in [-0.15, -0.1) is 0 Å². The largest absolute Gasteiger partial charge is 0.416 e. The minimum Gasteiger partial charge on any atom is -0.403 e. The summed E-state index contributed by atoms with van der Waals surface area (Å²) >= 11 is 0. The van der Waals surface area contributed by atoms with Gasteiger partial charge in [0.05, 0.1) is 11.3 Å². The van der Waals surface area contributed by atoms with Crippen LogP contribution in [0.5, 0.6) is 0 Å². The summed E-state index contributed by atoms with van der Waals surface area (Å²) in [5.74, 6) is 5.61. The van der Waals surface area contributed by atoms with Crippen molar-refractivity contribution in [3.05, 3.63) is 66.9 Å². The monoisotopic (exact) mass is 457 g/mol. The maximum absolute atomic E-state index is 13.4. The molecule has 0 saturated heterocycles. The lowest BCUT2D eigenvalue weighted by atomic mass is 10.1. The average molecular weight is 457 g/mol. The third kappa shape index (κ3) is 5.01. The number of nitrogen functional groups attached to an aromatic ring is 1. The van der Waals surface area contributed by atoms with Crippen molar-refractivity contribution in [1.29, 1.82) is 0 Å². The Morgan fingerprint density at radius 1 is 0.970 bits per heavy atom. The van der Waals surface area contributed by atoms with E-state index >= 15 is 0 Å². The molecule has 0 radical (unpaired) electrons. The predicted molar refractivity (Wildman–Crippen MR) is 117 cm³/mol. The zero-order valence-corrected chi connectivity index (χ0v) is 16.8. The summed E-state index contributed by atoms with van der Waals surface area (Å²) in [6.45, 7) is 0. The van der Waals surface area contributed by atoms with Gasteiger partial charge >= 0.3 is 6.18 Å². The second-order valence-electron chi connectivity index (χ2n) is 6.71. The third-order valence-electron chi connectivity index (χ3n) is 4.35. The van der Waals surface area contributed by atoms with E-state index in [4.69, 9.17) is 17.3 Å². The Morgan fingerprint density at radius 2 is 1.70 bits per heavy atom. The van der Waals surface area contributed by atoms with Gasteiger partial charge in [0.25, 0.3) is 0 Å². The smallest absolute Gasteiger partial charge is 0.403 e. The summed E-state index contributed by atoms with van der Waals surface area (Å²) in [7, 11) is 0. The second-order valence-corrected chi connectivity index (χ2v) is 6.71. The lowest BCUT2D eigenvalue weighted by molar-refractivity contribution is -0.137. The lowest BCUT2D eigenvalue weighted by Gasteiger charge is -2.18. The van der Waals surface area contributed by atoms with Gasteiger partial charge in [-0.1, -0.05) is 0 Å². The first-order valence-electron chi connectivity index (χ1n) is 9.34. The highest BCUT2D eigenvalue weighted by atomic mass is 19.4. The minimum atomic E-state index is -4.62. The number of halogens is 3. The van der Waals surface area contributed by atoms with Gasteiger partial charge in [-0.05, 0) is 24.3 Å². The number of pyridine rings is 1. The number of rotatable bonds is 6. The number of hydrogen-bond donors (Lipinski definition) is 5. The number of nitrogens with two attached hydrogens (primary N) is 3. The van der Waals surface area contributed by atoms with E-state index in [1.165, 1.54) is 12.3 Å². The van der Waals surface area contributed by atoms with E-state index in [1.807, 2.05) is 4.40 Å². The molecule has 4 aromatic rings. The third-order valence-corrected chi connectivity index (χ3v) is 4.35. The van der Waals surface area contributed by atoms with Crippen LogP contribution in [0.3, 0.4) is 0 Å². The Balaban J connectivity index is 1.64. The standard InChI is InChI=1S/C19H18F3N11/c20-19(21,22)11-7-13(9-14(8-11)33(25)5-2-23)28-18-30-16(24)29-17(31-18)27-12-1-4-32-6-3-26-15(32)10-12/h1-10H,23,25H2,(H4,24,27,28,29,30,31)/b5-2-. The Morgan fingerprint density at radius 3 is 2.39 bits per heavy atom. The Labute approximate surface area is 184 Å². The van der Waals surface area contributed by atoms with Crippen LogP contribution < -0.4 is 33.0 Å². The number of alkyl halides is 3. The quantitative estimate of drug-likeness (QED) is 0.215. The number of aromatic nitrogens is 5. The number of hydrazine groups is 1. The van der Waals surface area contributed by atoms with Crippen LogP contribution >= 0.6 is 0 Å². The molecule has 0 aliphatic rings. The van der Waals surface area contributed by atoms with Crippen molar-refractivity contribution in [3.8, 4) is 0 Å². The highest BCUT2D eigenvalue weighted by Crippen LogP contribution is 2.34. The molecule has 0 saturated carbocycles. The van der Waals surface area contributed by atoms with Gasteiger partial charge in [0.2, 0.25) is 17.8 Å². The maximum atomic E-state index is 13.4. The number of nitrogens with one attached hydrogen (secondary N) is 2. The van der Waals surface area contributed by atoms with Gasteiger partial charge in [-0.25, -0.2) is 10.8 Å². The molecule has 1 aromatic carbocycles. The van der Waals surface area contributed by atoms with E-state index < -0.39 is 11.7 Å². The molecule has 0 aliphatic heterocycles. The lowest BCUT2D eigenvalue weighted by Crippen LogP contribution is -2.25. The highest BCUT2D eigenvalue weighted by molar-refractivity contribution is 5.66. The van der Waals surface area contributed by atoms with Crippen LogP contribution in [0.25, 0.3) is 5.65 Å². The first-order chi connectivity index (χ1) is 15.7. The number of anilines is 6. The zero-order chi connectivity index (χ0) is 23.6. The van der Waals surface area contributed by atoms with Gasteiger partial charge in [0.15, 0.2) is 0 Å². The number of nitrogens with zero attached hydrogens (tertiary/aromatic N) is 6. The fourth-order valence-electron chi connectivity index (χ4n) is 2.93. The molecule has 4 rings (SSSR count). The summed E-state index contributed by atoms with van der Waals surface area (Å²) in [5, 5.41) is 6.62. The number of hydrogen-bond acceptors (Lipinski definition) is 10. The molecule has 3 heterocycles. The van der Waals surface area contributed by atoms with Crippen LogP contribution in [0.2, 0.25) is 0 Å². The van der Waals surface area contributed by atoms with E-state index in [9.17, 15) is 13.2 Å². The van der Waals surface area contributed by atoms with Gasteiger partial charge < -0.3 is 26.5 Å². The van der Waals surface area contributed by atoms with E-state index in [0.717, 1.165) is 23.3 Å². The van der Waals surface area contributed by atoms with Crippen molar-refractivity contribution < 1.29 is 13.2 Å². The van der Waals surface area contributed by atoms with Crippen molar-refractivity contribution in [2.75, 3.05) is 21.4 Å². The molecule has 0 atom stereocenters. The summed E-state index contributed by atoms with van der Waals surface area (Å²) in [5.41, 5.74) is 11.5. The van der Waals surface area contributed by atoms with E-state index in [0.29, 0.717) is 11.3 Å². The highest BCUT2D eigenvalue weighted by Gasteiger charge is 2.31. The SMILES string of the molecule is N/C=C\N(N)c1cc(Nc2nc(N)nc(Nc3ccn4ccnc4c3)n2)cc(C(F)(F)F)c1. The van der Waals surface area contributed by atoms with Crippen LogP contribution in [0.15, 0.2) is 61.3 Å². The Kier molecular flexibility index (Phi) is 5.58. The summed E-state index contributed by atoms with van der Waals surface area (Å²) in [6, 6.07) is 6.66. The van der Waals surface area contributed by atoms with E-state index in [2.05, 4.69) is 30.6 Å². The van der Waals surface area contributed by atoms with Crippen LogP contribution in [-0.4, -0.2) is 24.3 Å². The molecule has 3 aromatic heterocycles. The predicted octanol–water partition coefficient (Wildman–Crippen LogP) is 2.72. The fraction of sp³-hybridized carbons (Fsp3) is 0.0526. The second kappa shape index (κ2) is 8.51. The number of imidazole rings is 1. The zero-order valence-electron chi connectivity index (χ0n) is 16.8. The number of fused-ring (bicyclic) bond motifs is 1. The van der Waals surface area contributed by atoms with Crippen LogP contribution in [0, 0.1) is 0 Å². The average Bonchev–Trinajstić information content (AvgIpc) is 3.20. The molecule has 0 fully saturated rings. The van der Waals surface area contributed by atoms with E-state index in [1.54, 1.807) is 30.7 Å². The van der Waals surface area contributed by atoms with Crippen LogP contribution in [-0.2, 0) is 6.18 Å². The van der Waals surface area contributed by atoms with Crippen LogP contribution in [0.1, 0.15) is 5.56 Å². The molecule has 14 heteroatoms. The first-order valence-corrected chi connectivity index (χ1v) is 9.34. The maximum Gasteiger partial charge on any atom is 0.416 e. The van der Waals surface area contributed by atoms with Crippen molar-refractivity contribution in [1.82, 2.24) is 24.3 Å². The molecule has 170 valence electrons. The number of benzene rings is 1. The molecular weight excluding hydrogens is 439 g/mol. The van der Waals surface area contributed by atoms with Crippen molar-refractivity contribution in [2.45, 2.75) is 6.18 Å². The summed E-state index contributed by atoms with van der Waals surface area (Å²) < 4.78 is 42.0. The topological polar surface area (TPSA) is 161 Å². The molecule has 8 N–H and O–H groups in total. The van der Waals surface area contributed by atoms with Gasteiger partial charge in [0.1, 0.15) is 5.65 Å². The first kappa shape index (κ1) is 21.6. The Bertz CT molecular complexity index is 1320. The fourth-order valence-corrected chi connectivity index (χ4v) is 2.93. The molecule has 0 amide bonds. The Hall–Kier alpha value is -4.59. The summed E-state index contributed by atoms with van der Waals surface area (Å²) in [6.07, 6.45) is 2.91. The molecule has 11 nitrogen and oxygen atoms in total.